The van der Waals surface area contributed by atoms with Crippen molar-refractivity contribution in [1.29, 1.82) is 0 Å². The van der Waals surface area contributed by atoms with Crippen LogP contribution in [-0.4, -0.2) is 21.1 Å². The summed E-state index contributed by atoms with van der Waals surface area (Å²) in [4.78, 5) is 20.9. The van der Waals surface area contributed by atoms with Crippen molar-refractivity contribution in [3.05, 3.63) is 77.6 Å². The first kappa shape index (κ1) is 17.7. The molecule has 0 fully saturated rings. The van der Waals surface area contributed by atoms with E-state index >= 15 is 0 Å². The van der Waals surface area contributed by atoms with Crippen molar-refractivity contribution in [1.82, 2.24) is 15.1 Å². The van der Waals surface area contributed by atoms with Crippen molar-refractivity contribution in [2.45, 2.75) is 20.5 Å². The quantitative estimate of drug-likeness (QED) is 0.478. The van der Waals surface area contributed by atoms with Crippen molar-refractivity contribution in [2.75, 3.05) is 0 Å². The molecule has 0 radical (unpaired) electrons. The van der Waals surface area contributed by atoms with E-state index in [4.69, 9.17) is 13.7 Å². The summed E-state index contributed by atoms with van der Waals surface area (Å²) in [5, 5.41) is 3.67. The Morgan fingerprint density at radius 2 is 1.86 bits per heavy atom. The van der Waals surface area contributed by atoms with Gasteiger partial charge in [0, 0.05) is 5.56 Å². The molecule has 2 aromatic heterocycles. The van der Waals surface area contributed by atoms with E-state index in [9.17, 15) is 4.79 Å². The highest BCUT2D eigenvalue weighted by atomic mass is 16.6. The number of aryl methyl sites for hydroxylation is 2. The molecule has 2 heterocycles. The van der Waals surface area contributed by atoms with Gasteiger partial charge in [-0.2, -0.15) is 4.98 Å². The molecule has 0 atom stereocenters. The highest BCUT2D eigenvalue weighted by Gasteiger charge is 2.19. The van der Waals surface area contributed by atoms with Crippen LogP contribution in [0.4, 0.5) is 0 Å². The maximum absolute atomic E-state index is 12.6. The Bertz CT molecular complexity index is 1110. The lowest BCUT2D eigenvalue weighted by Gasteiger charge is -2.06. The van der Waals surface area contributed by atoms with Gasteiger partial charge in [0.15, 0.2) is 18.2 Å². The molecule has 28 heavy (non-hydrogen) atoms. The summed E-state index contributed by atoms with van der Waals surface area (Å²) in [6, 6.07) is 14.9. The molecule has 0 unspecified atom stereocenters. The summed E-state index contributed by atoms with van der Waals surface area (Å²) in [5.74, 6) is 1.16. The summed E-state index contributed by atoms with van der Waals surface area (Å²) in [6.07, 6.45) is 1.64. The zero-order chi connectivity index (χ0) is 19.5. The third kappa shape index (κ3) is 3.68. The van der Waals surface area contributed by atoms with Crippen LogP contribution in [-0.2, 0) is 11.3 Å². The van der Waals surface area contributed by atoms with Gasteiger partial charge in [0.05, 0.1) is 17.3 Å². The monoisotopic (exact) mass is 375 g/mol. The van der Waals surface area contributed by atoms with E-state index in [1.165, 1.54) is 0 Å². The number of benzene rings is 2. The number of rotatable bonds is 5. The Morgan fingerprint density at radius 3 is 2.61 bits per heavy atom. The van der Waals surface area contributed by atoms with Crippen LogP contribution in [0.2, 0.25) is 0 Å². The molecule has 0 N–H and O–H groups in total. The van der Waals surface area contributed by atoms with E-state index in [2.05, 4.69) is 15.1 Å². The molecule has 0 aliphatic heterocycles. The van der Waals surface area contributed by atoms with Crippen LogP contribution in [0.5, 0.6) is 0 Å². The smallest absolute Gasteiger partial charge is 0.339 e. The number of hydrogen-bond donors (Lipinski definition) is 0. The second-order valence-electron chi connectivity index (χ2n) is 6.25. The number of aromatic nitrogens is 3. The van der Waals surface area contributed by atoms with Gasteiger partial charge in [-0.25, -0.2) is 9.78 Å². The third-order valence-corrected chi connectivity index (χ3v) is 4.12. The maximum atomic E-state index is 12.6. The van der Waals surface area contributed by atoms with Gasteiger partial charge >= 0.3 is 5.97 Å². The van der Waals surface area contributed by atoms with Crippen LogP contribution >= 0.6 is 0 Å². The number of esters is 1. The molecule has 2 aromatic carbocycles. The van der Waals surface area contributed by atoms with E-state index in [1.807, 2.05) is 37.3 Å². The first-order valence-corrected chi connectivity index (χ1v) is 8.69. The molecule has 4 aromatic rings. The lowest BCUT2D eigenvalue weighted by Crippen LogP contribution is -2.07. The van der Waals surface area contributed by atoms with Crippen molar-refractivity contribution < 1.29 is 18.5 Å². The van der Waals surface area contributed by atoms with Gasteiger partial charge in [-0.1, -0.05) is 47.1 Å². The predicted octanol–water partition coefficient (Wildman–Crippen LogP) is 4.37. The predicted molar refractivity (Wildman–Crippen MR) is 100 cm³/mol. The Morgan fingerprint density at radius 1 is 1.07 bits per heavy atom. The fourth-order valence-corrected chi connectivity index (χ4v) is 2.70. The van der Waals surface area contributed by atoms with Gasteiger partial charge in [0.1, 0.15) is 0 Å². The van der Waals surface area contributed by atoms with Gasteiger partial charge in [-0.15, -0.1) is 0 Å². The molecule has 0 aliphatic carbocycles. The number of carbonyl (C=O) groups excluding carboxylic acids is 1. The van der Waals surface area contributed by atoms with Crippen molar-refractivity contribution in [3.8, 4) is 22.8 Å². The highest BCUT2D eigenvalue weighted by Crippen LogP contribution is 2.28. The standard InChI is InChI=1S/C21H17N3O4/c1-13-7-9-15(10-8-13)18-11-22-20(27-18)16-5-3-4-6-17(16)21(25)26-12-19-23-14(2)24-28-19/h3-11H,12H2,1-2H3. The van der Waals surface area contributed by atoms with Crippen molar-refractivity contribution in [3.63, 3.8) is 0 Å². The Balaban J connectivity index is 1.57. The minimum Gasteiger partial charge on any atom is -0.452 e. The molecule has 0 aliphatic rings. The van der Waals surface area contributed by atoms with Crippen molar-refractivity contribution >= 4 is 5.97 Å². The summed E-state index contributed by atoms with van der Waals surface area (Å²) >= 11 is 0. The van der Waals surface area contributed by atoms with E-state index in [0.29, 0.717) is 28.6 Å². The molecular formula is C21H17N3O4. The summed E-state index contributed by atoms with van der Waals surface area (Å²) < 4.78 is 16.1. The molecule has 0 bridgehead atoms. The van der Waals surface area contributed by atoms with Gasteiger partial charge in [0.25, 0.3) is 5.89 Å². The van der Waals surface area contributed by atoms with E-state index in [1.54, 1.807) is 31.3 Å². The number of nitrogens with zero attached hydrogens (tertiary/aromatic N) is 3. The summed E-state index contributed by atoms with van der Waals surface area (Å²) in [6.45, 7) is 3.61. The van der Waals surface area contributed by atoms with Gasteiger partial charge in [0.2, 0.25) is 5.89 Å². The Hall–Kier alpha value is -3.74. The number of ether oxygens (including phenoxy) is 1. The second-order valence-corrected chi connectivity index (χ2v) is 6.25. The SMILES string of the molecule is Cc1ccc(-c2cnc(-c3ccccc3C(=O)OCc3nc(C)no3)o2)cc1. The molecule has 0 saturated carbocycles. The number of hydrogen-bond acceptors (Lipinski definition) is 7. The van der Waals surface area contributed by atoms with Gasteiger partial charge < -0.3 is 13.7 Å². The minimum atomic E-state index is -0.526. The fraction of sp³-hybridized carbons (Fsp3) is 0.143. The molecule has 0 spiro atoms. The number of oxazole rings is 1. The third-order valence-electron chi connectivity index (χ3n) is 4.12. The average Bonchev–Trinajstić information content (AvgIpc) is 3.36. The molecule has 7 nitrogen and oxygen atoms in total. The van der Waals surface area contributed by atoms with Gasteiger partial charge in [-0.3, -0.25) is 0 Å². The van der Waals surface area contributed by atoms with E-state index in [0.717, 1.165) is 11.1 Å². The molecule has 4 rings (SSSR count). The number of carbonyl (C=O) groups is 1. The Kier molecular flexibility index (Phi) is 4.72. The normalized spacial score (nSPS) is 10.8. The Labute approximate surface area is 161 Å². The topological polar surface area (TPSA) is 91.2 Å². The van der Waals surface area contributed by atoms with Crippen LogP contribution in [0.25, 0.3) is 22.8 Å². The lowest BCUT2D eigenvalue weighted by molar-refractivity contribution is 0.0430. The fourth-order valence-electron chi connectivity index (χ4n) is 2.70. The largest absolute Gasteiger partial charge is 0.452 e. The zero-order valence-corrected chi connectivity index (χ0v) is 15.4. The molecule has 7 heteroatoms. The van der Waals surface area contributed by atoms with Crippen LogP contribution < -0.4 is 0 Å². The lowest BCUT2D eigenvalue weighted by atomic mass is 10.1. The summed E-state index contributed by atoms with van der Waals surface area (Å²) in [7, 11) is 0. The molecular weight excluding hydrogens is 358 g/mol. The second kappa shape index (κ2) is 7.48. The van der Waals surface area contributed by atoms with E-state index < -0.39 is 5.97 Å². The summed E-state index contributed by atoms with van der Waals surface area (Å²) in [5.41, 5.74) is 2.97. The van der Waals surface area contributed by atoms with Crippen LogP contribution in [0.3, 0.4) is 0 Å². The average molecular weight is 375 g/mol. The minimum absolute atomic E-state index is 0.103. The first-order valence-electron chi connectivity index (χ1n) is 8.69. The van der Waals surface area contributed by atoms with Gasteiger partial charge in [-0.05, 0) is 26.0 Å². The highest BCUT2D eigenvalue weighted by molar-refractivity contribution is 5.96. The maximum Gasteiger partial charge on any atom is 0.339 e. The molecule has 0 saturated heterocycles. The van der Waals surface area contributed by atoms with Crippen LogP contribution in [0.15, 0.2) is 63.7 Å². The molecule has 140 valence electrons. The van der Waals surface area contributed by atoms with Crippen LogP contribution in [0.1, 0.15) is 27.6 Å². The first-order chi connectivity index (χ1) is 13.6. The van der Waals surface area contributed by atoms with Crippen LogP contribution in [0, 0.1) is 13.8 Å². The van der Waals surface area contributed by atoms with Crippen molar-refractivity contribution in [2.24, 2.45) is 0 Å². The molecule has 0 amide bonds. The zero-order valence-electron chi connectivity index (χ0n) is 15.4. The van der Waals surface area contributed by atoms with E-state index in [-0.39, 0.29) is 12.5 Å².